The normalized spacial score (nSPS) is 13.4. The lowest BCUT2D eigenvalue weighted by molar-refractivity contribution is -0.118. The highest BCUT2D eigenvalue weighted by Gasteiger charge is 2.22. The molecule has 2 aliphatic carbocycles. The number of aromatic amines is 1. The molecule has 0 unspecified atom stereocenters. The topological polar surface area (TPSA) is 80.1 Å². The average Bonchev–Trinajstić information content (AvgIpc) is 3.40. The van der Waals surface area contributed by atoms with E-state index in [9.17, 15) is 4.79 Å². The lowest BCUT2D eigenvalue weighted by atomic mass is 9.97. The summed E-state index contributed by atoms with van der Waals surface area (Å²) < 4.78 is 5.83. The SMILES string of the molecule is NCCc1c[nH]c2ccc(OCC(=O)Nc3ccc4c5c3=CCCC=5c3ccccc3-4)cc12. The second-order valence-electron chi connectivity index (χ2n) is 8.61. The molecule has 5 nitrogen and oxygen atoms in total. The van der Waals surface area contributed by atoms with Crippen molar-refractivity contribution in [2.24, 2.45) is 5.73 Å². The van der Waals surface area contributed by atoms with E-state index in [2.05, 4.69) is 46.7 Å². The fraction of sp³-hybridized carbons (Fsp3) is 0.179. The van der Waals surface area contributed by atoms with Gasteiger partial charge < -0.3 is 20.8 Å². The van der Waals surface area contributed by atoms with Crippen molar-refractivity contribution in [3.63, 3.8) is 0 Å². The van der Waals surface area contributed by atoms with Crippen molar-refractivity contribution in [3.8, 4) is 16.9 Å². The van der Waals surface area contributed by atoms with E-state index in [-0.39, 0.29) is 12.5 Å². The molecule has 1 heterocycles. The number of benzene rings is 3. The van der Waals surface area contributed by atoms with Gasteiger partial charge in [0, 0.05) is 28.0 Å². The number of carbonyl (C=O) groups is 1. The zero-order chi connectivity index (χ0) is 22.4. The number of nitrogens with two attached hydrogens (primary N) is 1. The second-order valence-corrected chi connectivity index (χ2v) is 8.61. The van der Waals surface area contributed by atoms with Gasteiger partial charge in [-0.1, -0.05) is 36.4 Å². The third-order valence-electron chi connectivity index (χ3n) is 6.63. The van der Waals surface area contributed by atoms with Crippen LogP contribution in [-0.4, -0.2) is 24.0 Å². The molecule has 164 valence electrons. The zero-order valence-corrected chi connectivity index (χ0v) is 18.3. The maximum absolute atomic E-state index is 12.8. The van der Waals surface area contributed by atoms with Crippen LogP contribution in [0.3, 0.4) is 0 Å². The van der Waals surface area contributed by atoms with Crippen molar-refractivity contribution in [1.82, 2.24) is 4.98 Å². The Hall–Kier alpha value is -3.83. The van der Waals surface area contributed by atoms with E-state index in [4.69, 9.17) is 10.5 Å². The number of anilines is 1. The standard InChI is InChI=1S/C28H25N3O2/c29-13-12-17-15-30-25-10-8-18(14-24(17)25)33-16-27(32)31-26-11-9-22-20-5-2-1-4-19(20)21-6-3-7-23(26)28(21)22/h1-2,4-5,7-11,14-15,30H,3,6,12-13,16,29H2,(H,31,32). The molecule has 33 heavy (non-hydrogen) atoms. The number of ether oxygens (including phenoxy) is 1. The van der Waals surface area contributed by atoms with Crippen LogP contribution in [0.5, 0.6) is 5.75 Å². The van der Waals surface area contributed by atoms with E-state index in [0.717, 1.165) is 46.6 Å². The molecular formula is C28H25N3O2. The summed E-state index contributed by atoms with van der Waals surface area (Å²) in [5.74, 6) is 0.502. The van der Waals surface area contributed by atoms with Crippen molar-refractivity contribution in [2.45, 2.75) is 19.3 Å². The van der Waals surface area contributed by atoms with Crippen LogP contribution in [0.15, 0.2) is 60.8 Å². The van der Waals surface area contributed by atoms with Crippen LogP contribution in [0.4, 0.5) is 5.69 Å². The Morgan fingerprint density at radius 2 is 1.94 bits per heavy atom. The van der Waals surface area contributed by atoms with Crippen molar-refractivity contribution in [2.75, 3.05) is 18.5 Å². The molecule has 0 saturated heterocycles. The Morgan fingerprint density at radius 1 is 1.06 bits per heavy atom. The molecule has 0 spiro atoms. The number of hydrogen-bond donors (Lipinski definition) is 3. The van der Waals surface area contributed by atoms with Gasteiger partial charge in [0.25, 0.3) is 5.91 Å². The van der Waals surface area contributed by atoms with Gasteiger partial charge in [0.2, 0.25) is 0 Å². The maximum Gasteiger partial charge on any atom is 0.262 e. The van der Waals surface area contributed by atoms with Gasteiger partial charge in [-0.3, -0.25) is 4.79 Å². The van der Waals surface area contributed by atoms with E-state index in [0.29, 0.717) is 12.3 Å². The molecule has 4 aromatic rings. The smallest absolute Gasteiger partial charge is 0.262 e. The van der Waals surface area contributed by atoms with Gasteiger partial charge >= 0.3 is 0 Å². The van der Waals surface area contributed by atoms with Crippen molar-refractivity contribution >= 4 is 34.1 Å². The predicted molar refractivity (Wildman–Crippen MR) is 133 cm³/mol. The molecule has 1 amide bonds. The highest BCUT2D eigenvalue weighted by atomic mass is 16.5. The minimum Gasteiger partial charge on any atom is -0.484 e. The quantitative estimate of drug-likeness (QED) is 0.434. The van der Waals surface area contributed by atoms with Crippen LogP contribution in [0.2, 0.25) is 0 Å². The highest BCUT2D eigenvalue weighted by Crippen LogP contribution is 2.34. The summed E-state index contributed by atoms with van der Waals surface area (Å²) in [6, 6.07) is 18.5. The van der Waals surface area contributed by atoms with Gasteiger partial charge in [-0.2, -0.15) is 0 Å². The number of aromatic nitrogens is 1. The van der Waals surface area contributed by atoms with Crippen LogP contribution < -0.4 is 26.2 Å². The van der Waals surface area contributed by atoms with Crippen LogP contribution in [0.1, 0.15) is 24.0 Å². The first-order valence-electron chi connectivity index (χ1n) is 11.4. The Bertz CT molecular complexity index is 1530. The molecule has 6 rings (SSSR count). The number of hydrogen-bond acceptors (Lipinski definition) is 3. The molecule has 3 aromatic carbocycles. The molecule has 5 heteroatoms. The number of fused-ring (bicyclic) bond motifs is 4. The Kier molecular flexibility index (Phi) is 4.77. The third-order valence-corrected chi connectivity index (χ3v) is 6.63. The summed E-state index contributed by atoms with van der Waals surface area (Å²) in [6.45, 7) is 0.542. The maximum atomic E-state index is 12.8. The number of carbonyl (C=O) groups excluding carboxylic acids is 1. The average molecular weight is 436 g/mol. The molecule has 0 fully saturated rings. The first-order chi connectivity index (χ1) is 16.2. The molecule has 0 atom stereocenters. The summed E-state index contributed by atoms with van der Waals surface area (Å²) in [7, 11) is 0. The monoisotopic (exact) mass is 435 g/mol. The lowest BCUT2D eigenvalue weighted by Crippen LogP contribution is -2.34. The van der Waals surface area contributed by atoms with Crippen molar-refractivity contribution in [1.29, 1.82) is 0 Å². The summed E-state index contributed by atoms with van der Waals surface area (Å²) in [4.78, 5) is 16.0. The Balaban J connectivity index is 1.23. The van der Waals surface area contributed by atoms with Crippen LogP contribution in [0, 0.1) is 0 Å². The van der Waals surface area contributed by atoms with Gasteiger partial charge in [0.15, 0.2) is 6.61 Å². The van der Waals surface area contributed by atoms with Gasteiger partial charge in [-0.05, 0) is 83.1 Å². The molecule has 0 saturated carbocycles. The number of nitrogens with one attached hydrogen (secondary N) is 2. The first kappa shape index (κ1) is 19.8. The Morgan fingerprint density at radius 3 is 2.82 bits per heavy atom. The molecule has 2 aliphatic rings. The fourth-order valence-electron chi connectivity index (χ4n) is 5.17. The number of rotatable bonds is 6. The van der Waals surface area contributed by atoms with E-state index >= 15 is 0 Å². The summed E-state index contributed by atoms with van der Waals surface area (Å²) in [5, 5.41) is 6.55. The van der Waals surface area contributed by atoms with Gasteiger partial charge in [0.1, 0.15) is 5.75 Å². The van der Waals surface area contributed by atoms with E-state index in [1.807, 2.05) is 30.5 Å². The summed E-state index contributed by atoms with van der Waals surface area (Å²) in [5.41, 5.74) is 14.0. The predicted octanol–water partition coefficient (Wildman–Crippen LogP) is 3.44. The first-order valence-corrected chi connectivity index (χ1v) is 11.4. The molecule has 4 N–H and O–H groups in total. The lowest BCUT2D eigenvalue weighted by Gasteiger charge is -2.12. The summed E-state index contributed by atoms with van der Waals surface area (Å²) in [6.07, 6.45) is 7.02. The molecular weight excluding hydrogens is 410 g/mol. The van der Waals surface area contributed by atoms with Crippen molar-refractivity contribution in [3.05, 3.63) is 82.4 Å². The molecule has 0 aliphatic heterocycles. The highest BCUT2D eigenvalue weighted by molar-refractivity contribution is 5.95. The van der Waals surface area contributed by atoms with E-state index in [1.165, 1.54) is 27.5 Å². The largest absolute Gasteiger partial charge is 0.484 e. The van der Waals surface area contributed by atoms with Crippen LogP contribution >= 0.6 is 0 Å². The van der Waals surface area contributed by atoms with Crippen LogP contribution in [-0.2, 0) is 11.2 Å². The summed E-state index contributed by atoms with van der Waals surface area (Å²) >= 11 is 0. The van der Waals surface area contributed by atoms with E-state index < -0.39 is 0 Å². The van der Waals surface area contributed by atoms with Gasteiger partial charge in [-0.25, -0.2) is 0 Å². The van der Waals surface area contributed by atoms with Gasteiger partial charge in [-0.15, -0.1) is 0 Å². The molecule has 0 bridgehead atoms. The molecule has 0 radical (unpaired) electrons. The van der Waals surface area contributed by atoms with Crippen LogP contribution in [0.25, 0.3) is 33.7 Å². The zero-order valence-electron chi connectivity index (χ0n) is 18.3. The van der Waals surface area contributed by atoms with Gasteiger partial charge in [0.05, 0.1) is 0 Å². The second kappa shape index (κ2) is 7.94. The van der Waals surface area contributed by atoms with E-state index in [1.54, 1.807) is 0 Å². The number of amides is 1. The Labute approximate surface area is 191 Å². The molecule has 1 aromatic heterocycles. The third kappa shape index (κ3) is 3.33. The van der Waals surface area contributed by atoms with Crippen molar-refractivity contribution < 1.29 is 9.53 Å². The minimum atomic E-state index is -0.168. The number of H-pyrrole nitrogens is 1. The fourth-order valence-corrected chi connectivity index (χ4v) is 5.17. The minimum absolute atomic E-state index is 0.0462.